The highest BCUT2D eigenvalue weighted by atomic mass is 16.1. The lowest BCUT2D eigenvalue weighted by molar-refractivity contribution is -0.113. The fraction of sp³-hybridized carbons (Fsp3) is 0.0769. The van der Waals surface area contributed by atoms with E-state index in [0.29, 0.717) is 5.69 Å². The topological polar surface area (TPSA) is 92.8 Å². The van der Waals surface area contributed by atoms with Crippen LogP contribution in [0.15, 0.2) is 109 Å². The third-order valence-corrected chi connectivity index (χ3v) is 4.78. The van der Waals surface area contributed by atoms with Gasteiger partial charge in [-0.15, -0.1) is 0 Å². The molecule has 0 aliphatic rings. The molecule has 4 rings (SSSR count). The van der Waals surface area contributed by atoms with Gasteiger partial charge in [0, 0.05) is 36.1 Å². The summed E-state index contributed by atoms with van der Waals surface area (Å²) in [4.78, 5) is 24.2. The van der Waals surface area contributed by atoms with Crippen LogP contribution < -0.4 is 0 Å². The van der Waals surface area contributed by atoms with Gasteiger partial charge in [-0.2, -0.15) is 0 Å². The lowest BCUT2D eigenvalue weighted by Crippen LogP contribution is -2.01. The van der Waals surface area contributed by atoms with Gasteiger partial charge in [0.05, 0.1) is 5.69 Å². The molecule has 0 saturated heterocycles. The standard InChI is InChI=1S/C14H12N4O.C12H11NO/c15-17-16-14(19)9-8-13-7-4-10-18(13)11-12-5-2-1-3-6-12;14-10-12-7-4-8-13(12)9-11-5-2-1-3-6-11/h1-10H,11H2;1-8,10H,9H2/b9-8+;. The van der Waals surface area contributed by atoms with Gasteiger partial charge in [-0.05, 0) is 58.2 Å². The van der Waals surface area contributed by atoms with Crippen molar-refractivity contribution in [2.24, 2.45) is 5.11 Å². The maximum absolute atomic E-state index is 11.1. The minimum Gasteiger partial charge on any atom is -0.344 e. The van der Waals surface area contributed by atoms with Gasteiger partial charge in [0.25, 0.3) is 0 Å². The Labute approximate surface area is 191 Å². The summed E-state index contributed by atoms with van der Waals surface area (Å²) in [6.45, 7) is 1.48. The van der Waals surface area contributed by atoms with Crippen LogP contribution >= 0.6 is 0 Å². The number of amides is 1. The minimum absolute atomic E-state index is 0.602. The maximum Gasteiger partial charge on any atom is 0.242 e. The molecule has 1 amide bonds. The Morgan fingerprint density at radius 3 is 1.82 bits per heavy atom. The second-order valence-corrected chi connectivity index (χ2v) is 7.07. The number of hydrogen-bond acceptors (Lipinski definition) is 2. The number of benzene rings is 2. The van der Waals surface area contributed by atoms with Gasteiger partial charge < -0.3 is 9.13 Å². The molecule has 2 heterocycles. The molecular formula is C26H23N5O2. The second-order valence-electron chi connectivity index (χ2n) is 7.07. The highest BCUT2D eigenvalue weighted by Gasteiger charge is 2.00. The number of aldehydes is 1. The average Bonchev–Trinajstić information content (AvgIpc) is 3.48. The van der Waals surface area contributed by atoms with E-state index in [0.717, 1.165) is 25.1 Å². The lowest BCUT2D eigenvalue weighted by atomic mass is 10.2. The van der Waals surface area contributed by atoms with Crippen LogP contribution in [0.3, 0.4) is 0 Å². The second kappa shape index (κ2) is 12.3. The van der Waals surface area contributed by atoms with Crippen LogP contribution in [0.4, 0.5) is 0 Å². The van der Waals surface area contributed by atoms with E-state index in [4.69, 9.17) is 5.53 Å². The first-order valence-corrected chi connectivity index (χ1v) is 10.3. The number of carbonyl (C=O) groups is 2. The van der Waals surface area contributed by atoms with Crippen LogP contribution in [0.1, 0.15) is 27.3 Å². The van der Waals surface area contributed by atoms with Crippen LogP contribution in [-0.4, -0.2) is 21.3 Å². The monoisotopic (exact) mass is 437 g/mol. The molecular weight excluding hydrogens is 414 g/mol. The third kappa shape index (κ3) is 7.24. The van der Waals surface area contributed by atoms with E-state index in [1.807, 2.05) is 94.3 Å². The molecule has 0 N–H and O–H groups in total. The maximum atomic E-state index is 11.1. The Balaban J connectivity index is 0.000000194. The molecule has 0 unspecified atom stereocenters. The molecule has 7 heteroatoms. The molecule has 0 atom stereocenters. The summed E-state index contributed by atoms with van der Waals surface area (Å²) in [6.07, 6.45) is 7.63. The number of carbonyl (C=O) groups excluding carboxylic acids is 2. The molecule has 33 heavy (non-hydrogen) atoms. The summed E-state index contributed by atoms with van der Waals surface area (Å²) >= 11 is 0. The number of nitrogens with zero attached hydrogens (tertiary/aromatic N) is 5. The van der Waals surface area contributed by atoms with Crippen LogP contribution in [0.25, 0.3) is 16.5 Å². The molecule has 0 spiro atoms. The van der Waals surface area contributed by atoms with Crippen molar-refractivity contribution in [3.63, 3.8) is 0 Å². The van der Waals surface area contributed by atoms with Gasteiger partial charge in [0.1, 0.15) is 0 Å². The van der Waals surface area contributed by atoms with Gasteiger partial charge >= 0.3 is 0 Å². The average molecular weight is 438 g/mol. The van der Waals surface area contributed by atoms with Gasteiger partial charge in [0.2, 0.25) is 5.91 Å². The minimum atomic E-state index is -0.602. The first kappa shape index (κ1) is 23.1. The molecule has 4 aromatic rings. The summed E-state index contributed by atoms with van der Waals surface area (Å²) in [6, 6.07) is 27.6. The molecule has 2 aromatic heterocycles. The fourth-order valence-electron chi connectivity index (χ4n) is 3.20. The number of hydrogen-bond donors (Lipinski definition) is 0. The van der Waals surface area contributed by atoms with Crippen LogP contribution in [0.5, 0.6) is 0 Å². The van der Waals surface area contributed by atoms with Crippen molar-refractivity contribution in [1.29, 1.82) is 0 Å². The predicted molar refractivity (Wildman–Crippen MR) is 129 cm³/mol. The van der Waals surface area contributed by atoms with Crippen molar-refractivity contribution in [3.8, 4) is 0 Å². The molecule has 0 fully saturated rings. The predicted octanol–water partition coefficient (Wildman–Crippen LogP) is 5.74. The largest absolute Gasteiger partial charge is 0.344 e. The highest BCUT2D eigenvalue weighted by molar-refractivity contribution is 5.92. The van der Waals surface area contributed by atoms with Gasteiger partial charge in [0.15, 0.2) is 6.29 Å². The van der Waals surface area contributed by atoms with Crippen LogP contribution in [0, 0.1) is 0 Å². The molecule has 164 valence electrons. The summed E-state index contributed by atoms with van der Waals surface area (Å²) in [5, 5.41) is 2.98. The van der Waals surface area contributed by atoms with E-state index >= 15 is 0 Å². The molecule has 0 aliphatic carbocycles. The van der Waals surface area contributed by atoms with E-state index in [2.05, 4.69) is 22.2 Å². The fourth-order valence-corrected chi connectivity index (χ4v) is 3.20. The summed E-state index contributed by atoms with van der Waals surface area (Å²) in [5.74, 6) is -0.602. The summed E-state index contributed by atoms with van der Waals surface area (Å²) < 4.78 is 3.94. The van der Waals surface area contributed by atoms with Crippen LogP contribution in [-0.2, 0) is 17.9 Å². The smallest absolute Gasteiger partial charge is 0.242 e. The van der Waals surface area contributed by atoms with Crippen molar-refractivity contribution in [2.45, 2.75) is 13.1 Å². The van der Waals surface area contributed by atoms with E-state index in [9.17, 15) is 9.59 Å². The Hall–Kier alpha value is -4.61. The number of aromatic nitrogens is 2. The molecule has 7 nitrogen and oxygen atoms in total. The molecule has 0 saturated carbocycles. The van der Waals surface area contributed by atoms with Crippen molar-refractivity contribution in [3.05, 3.63) is 136 Å². The van der Waals surface area contributed by atoms with E-state index in [1.54, 1.807) is 6.08 Å². The van der Waals surface area contributed by atoms with Gasteiger partial charge in [-0.3, -0.25) is 9.59 Å². The van der Waals surface area contributed by atoms with Crippen molar-refractivity contribution < 1.29 is 9.59 Å². The SMILES string of the molecule is O=Cc1cccn1Cc1ccccc1.[N-]=[N+]=NC(=O)/C=C/c1cccn1Cc1ccccc1. The lowest BCUT2D eigenvalue weighted by Gasteiger charge is -2.06. The Morgan fingerprint density at radius 2 is 1.30 bits per heavy atom. The molecule has 0 radical (unpaired) electrons. The first-order valence-electron chi connectivity index (χ1n) is 10.3. The van der Waals surface area contributed by atoms with E-state index in [-0.39, 0.29) is 0 Å². The molecule has 0 bridgehead atoms. The van der Waals surface area contributed by atoms with E-state index < -0.39 is 5.91 Å². The van der Waals surface area contributed by atoms with Crippen molar-refractivity contribution in [2.75, 3.05) is 0 Å². The molecule has 0 aliphatic heterocycles. The number of azide groups is 1. The number of rotatable bonds is 7. The van der Waals surface area contributed by atoms with E-state index in [1.165, 1.54) is 17.2 Å². The van der Waals surface area contributed by atoms with Crippen molar-refractivity contribution >= 4 is 18.3 Å². The van der Waals surface area contributed by atoms with Crippen molar-refractivity contribution in [1.82, 2.24) is 9.13 Å². The summed E-state index contributed by atoms with van der Waals surface area (Å²) in [7, 11) is 0. The zero-order chi connectivity index (χ0) is 23.3. The zero-order valence-corrected chi connectivity index (χ0v) is 17.9. The highest BCUT2D eigenvalue weighted by Crippen LogP contribution is 2.09. The van der Waals surface area contributed by atoms with Gasteiger partial charge in [-0.1, -0.05) is 60.7 Å². The first-order chi connectivity index (χ1) is 16.2. The van der Waals surface area contributed by atoms with Crippen LogP contribution in [0.2, 0.25) is 0 Å². The quantitative estimate of drug-likeness (QED) is 0.121. The Morgan fingerprint density at radius 1 is 0.788 bits per heavy atom. The molecule has 2 aromatic carbocycles. The Bertz CT molecular complexity index is 1250. The zero-order valence-electron chi connectivity index (χ0n) is 17.9. The third-order valence-electron chi connectivity index (χ3n) is 4.78. The summed E-state index contributed by atoms with van der Waals surface area (Å²) in [5.41, 5.74) is 12.1. The normalized spacial score (nSPS) is 10.2. The van der Waals surface area contributed by atoms with Gasteiger partial charge in [-0.25, -0.2) is 0 Å². The Kier molecular flexibility index (Phi) is 8.59.